The second-order valence-electron chi connectivity index (χ2n) is 6.51. The zero-order valence-corrected chi connectivity index (χ0v) is 17.1. The van der Waals surface area contributed by atoms with Crippen LogP contribution in [0.5, 0.6) is 5.75 Å². The standard InChI is InChI=1S/C21H26F3O2P/c1-5-20(6-2,16-9-7-8-10-18(16)26-14-25-4)27-19-12-11-15(3)13-17(19)21(22,23)24/h7-13,27H,5-6,14H2,1-4H3. The van der Waals surface area contributed by atoms with Crippen molar-refractivity contribution in [2.75, 3.05) is 13.9 Å². The minimum Gasteiger partial charge on any atom is -0.467 e. The SMILES string of the molecule is CCC(CC)(Pc1ccc(C)cc1C(F)(F)F)c1ccccc1OCOC. The molecule has 2 nitrogen and oxygen atoms in total. The smallest absolute Gasteiger partial charge is 0.417 e. The fourth-order valence-corrected chi connectivity index (χ4v) is 4.97. The number of methoxy groups -OCH3 is 1. The Kier molecular flexibility index (Phi) is 7.30. The van der Waals surface area contributed by atoms with Gasteiger partial charge in [-0.15, -0.1) is 0 Å². The normalized spacial score (nSPS) is 12.7. The van der Waals surface area contributed by atoms with E-state index >= 15 is 0 Å². The van der Waals surface area contributed by atoms with E-state index < -0.39 is 16.9 Å². The summed E-state index contributed by atoms with van der Waals surface area (Å²) in [4.78, 5) is 0. The van der Waals surface area contributed by atoms with Crippen LogP contribution < -0.4 is 10.0 Å². The van der Waals surface area contributed by atoms with Crippen molar-refractivity contribution < 1.29 is 22.6 Å². The average molecular weight is 398 g/mol. The first-order valence-electron chi connectivity index (χ1n) is 8.94. The molecule has 0 aliphatic heterocycles. The van der Waals surface area contributed by atoms with Gasteiger partial charge in [-0.1, -0.05) is 58.3 Å². The van der Waals surface area contributed by atoms with Gasteiger partial charge in [-0.25, -0.2) is 0 Å². The molecule has 0 saturated heterocycles. The second kappa shape index (κ2) is 9.07. The topological polar surface area (TPSA) is 18.5 Å². The number of rotatable bonds is 8. The monoisotopic (exact) mass is 398 g/mol. The molecular weight excluding hydrogens is 372 g/mol. The Labute approximate surface area is 160 Å². The molecule has 0 aromatic heterocycles. The summed E-state index contributed by atoms with van der Waals surface area (Å²) < 4.78 is 51.6. The Morgan fingerprint density at radius 1 is 0.963 bits per heavy atom. The summed E-state index contributed by atoms with van der Waals surface area (Å²) in [6.45, 7) is 5.82. The third-order valence-electron chi connectivity index (χ3n) is 4.80. The van der Waals surface area contributed by atoms with Crippen molar-refractivity contribution in [3.8, 4) is 5.75 Å². The molecule has 0 bridgehead atoms. The first-order chi connectivity index (χ1) is 12.8. The number of benzene rings is 2. The van der Waals surface area contributed by atoms with Crippen LogP contribution in [0.1, 0.15) is 43.4 Å². The Morgan fingerprint density at radius 2 is 1.63 bits per heavy atom. The van der Waals surface area contributed by atoms with E-state index in [2.05, 4.69) is 0 Å². The van der Waals surface area contributed by atoms with Crippen LogP contribution in [0.2, 0.25) is 0 Å². The summed E-state index contributed by atoms with van der Waals surface area (Å²) >= 11 is 0. The molecule has 1 atom stereocenters. The molecular formula is C21H26F3O2P. The summed E-state index contributed by atoms with van der Waals surface area (Å²) in [6.07, 6.45) is -2.95. The molecule has 0 radical (unpaired) electrons. The molecule has 0 saturated carbocycles. The van der Waals surface area contributed by atoms with E-state index in [0.717, 1.165) is 5.56 Å². The molecule has 0 spiro atoms. The lowest BCUT2D eigenvalue weighted by molar-refractivity contribution is -0.136. The van der Waals surface area contributed by atoms with E-state index in [1.807, 2.05) is 38.1 Å². The number of alkyl halides is 3. The number of ether oxygens (including phenoxy) is 2. The Bertz CT molecular complexity index is 755. The molecule has 0 heterocycles. The van der Waals surface area contributed by atoms with Crippen LogP contribution in [0.15, 0.2) is 42.5 Å². The third kappa shape index (κ3) is 5.03. The summed E-state index contributed by atoms with van der Waals surface area (Å²) in [5.74, 6) is 0.663. The Balaban J connectivity index is 2.54. The molecule has 2 aromatic carbocycles. The van der Waals surface area contributed by atoms with Crippen molar-refractivity contribution >= 4 is 13.9 Å². The highest BCUT2D eigenvalue weighted by Crippen LogP contribution is 2.51. The predicted octanol–water partition coefficient (Wildman–Crippen LogP) is 6.02. The van der Waals surface area contributed by atoms with Crippen LogP contribution in [-0.4, -0.2) is 13.9 Å². The van der Waals surface area contributed by atoms with Crippen molar-refractivity contribution in [3.63, 3.8) is 0 Å². The first kappa shape index (κ1) is 21.7. The van der Waals surface area contributed by atoms with Crippen LogP contribution >= 0.6 is 8.58 Å². The van der Waals surface area contributed by atoms with Crippen molar-refractivity contribution in [2.24, 2.45) is 0 Å². The van der Waals surface area contributed by atoms with Crippen LogP contribution in [0, 0.1) is 6.92 Å². The van der Waals surface area contributed by atoms with Crippen molar-refractivity contribution in [2.45, 2.75) is 44.9 Å². The van der Waals surface area contributed by atoms with Crippen molar-refractivity contribution in [3.05, 3.63) is 59.2 Å². The molecule has 0 fully saturated rings. The fraction of sp³-hybridized carbons (Fsp3) is 0.429. The van der Waals surface area contributed by atoms with Crippen LogP contribution in [0.3, 0.4) is 0 Å². The Hall–Kier alpha value is -1.58. The average Bonchev–Trinajstić information content (AvgIpc) is 2.65. The maximum atomic E-state index is 13.6. The predicted molar refractivity (Wildman–Crippen MR) is 105 cm³/mol. The van der Waals surface area contributed by atoms with Gasteiger partial charge in [-0.05, 0) is 37.2 Å². The zero-order valence-electron chi connectivity index (χ0n) is 16.1. The van der Waals surface area contributed by atoms with E-state index in [0.29, 0.717) is 29.5 Å². The lowest BCUT2D eigenvalue weighted by Gasteiger charge is -2.35. The van der Waals surface area contributed by atoms with Gasteiger partial charge in [0.05, 0.1) is 5.56 Å². The molecule has 148 valence electrons. The van der Waals surface area contributed by atoms with Gasteiger partial charge in [-0.2, -0.15) is 13.2 Å². The van der Waals surface area contributed by atoms with Crippen LogP contribution in [0.4, 0.5) is 13.2 Å². The van der Waals surface area contributed by atoms with Gasteiger partial charge in [0.15, 0.2) is 6.79 Å². The molecule has 6 heteroatoms. The second-order valence-corrected chi connectivity index (χ2v) is 8.25. The zero-order chi connectivity index (χ0) is 20.1. The number of hydrogen-bond donors (Lipinski definition) is 0. The summed E-state index contributed by atoms with van der Waals surface area (Å²) in [6, 6.07) is 12.2. The lowest BCUT2D eigenvalue weighted by Crippen LogP contribution is -2.26. The highest BCUT2D eigenvalue weighted by atomic mass is 31.1. The van der Waals surface area contributed by atoms with Crippen molar-refractivity contribution in [1.29, 1.82) is 0 Å². The maximum Gasteiger partial charge on any atom is 0.417 e. The van der Waals surface area contributed by atoms with E-state index in [9.17, 15) is 13.2 Å². The highest BCUT2D eigenvalue weighted by Gasteiger charge is 2.38. The van der Waals surface area contributed by atoms with Gasteiger partial charge in [-0.3, -0.25) is 0 Å². The molecule has 27 heavy (non-hydrogen) atoms. The molecule has 1 unspecified atom stereocenters. The molecule has 0 aliphatic carbocycles. The van der Waals surface area contributed by atoms with E-state index in [1.54, 1.807) is 26.2 Å². The van der Waals surface area contributed by atoms with Crippen LogP contribution in [0.25, 0.3) is 0 Å². The number of hydrogen-bond acceptors (Lipinski definition) is 2. The quantitative estimate of drug-likeness (QED) is 0.400. The fourth-order valence-electron chi connectivity index (χ4n) is 3.24. The lowest BCUT2D eigenvalue weighted by atomic mass is 9.92. The van der Waals surface area contributed by atoms with Gasteiger partial charge in [0.25, 0.3) is 0 Å². The van der Waals surface area contributed by atoms with E-state index in [-0.39, 0.29) is 15.4 Å². The number of halogens is 3. The van der Waals surface area contributed by atoms with Gasteiger partial charge in [0.1, 0.15) is 5.75 Å². The summed E-state index contributed by atoms with van der Waals surface area (Å²) in [5.41, 5.74) is 1.000. The molecule has 0 N–H and O–H groups in total. The molecule has 2 aromatic rings. The van der Waals surface area contributed by atoms with Gasteiger partial charge < -0.3 is 9.47 Å². The van der Waals surface area contributed by atoms with E-state index in [1.165, 1.54) is 6.07 Å². The minimum atomic E-state index is -4.37. The largest absolute Gasteiger partial charge is 0.467 e. The van der Waals surface area contributed by atoms with Gasteiger partial charge in [0.2, 0.25) is 0 Å². The number of aryl methyl sites for hydroxylation is 1. The van der Waals surface area contributed by atoms with Crippen molar-refractivity contribution in [1.82, 2.24) is 0 Å². The molecule has 0 amide bonds. The number of para-hydroxylation sites is 1. The Morgan fingerprint density at radius 3 is 2.22 bits per heavy atom. The summed E-state index contributed by atoms with van der Waals surface area (Å²) in [7, 11) is 1.51. The van der Waals surface area contributed by atoms with Crippen LogP contribution in [-0.2, 0) is 16.1 Å². The molecule has 2 rings (SSSR count). The minimum absolute atomic E-state index is 0.0273. The first-order valence-corrected chi connectivity index (χ1v) is 9.94. The maximum absolute atomic E-state index is 13.6. The van der Waals surface area contributed by atoms with Gasteiger partial charge in [0, 0.05) is 17.8 Å². The third-order valence-corrected chi connectivity index (χ3v) is 6.96. The molecule has 0 aliphatic rings. The van der Waals surface area contributed by atoms with E-state index in [4.69, 9.17) is 9.47 Å². The summed E-state index contributed by atoms with van der Waals surface area (Å²) in [5, 5.41) is -0.0853. The van der Waals surface area contributed by atoms with Gasteiger partial charge >= 0.3 is 6.18 Å². The highest BCUT2D eigenvalue weighted by molar-refractivity contribution is 7.48.